The predicted octanol–water partition coefficient (Wildman–Crippen LogP) is 3.65. The van der Waals surface area contributed by atoms with Gasteiger partial charge in [0.15, 0.2) is 5.96 Å². The lowest BCUT2D eigenvalue weighted by atomic mass is 9.83. The molecule has 1 saturated carbocycles. The topological polar surface area (TPSA) is 54.9 Å². The Hall–Kier alpha value is -1.46. The molecule has 5 nitrogen and oxygen atoms in total. The van der Waals surface area contributed by atoms with Gasteiger partial charge in [0, 0.05) is 38.9 Å². The molecular weight excluding hydrogens is 350 g/mol. The van der Waals surface area contributed by atoms with Crippen LogP contribution in [0, 0.1) is 5.41 Å². The molecule has 26 heavy (non-hydrogen) atoms. The van der Waals surface area contributed by atoms with Crippen molar-refractivity contribution in [2.45, 2.75) is 38.5 Å². The predicted molar refractivity (Wildman–Crippen MR) is 108 cm³/mol. The van der Waals surface area contributed by atoms with Crippen molar-refractivity contribution < 1.29 is 9.47 Å². The summed E-state index contributed by atoms with van der Waals surface area (Å²) in [5.41, 5.74) is 1.44. The first-order chi connectivity index (χ1) is 12.6. The normalized spacial score (nSPS) is 16.5. The molecule has 0 unspecified atom stereocenters. The third-order valence-electron chi connectivity index (χ3n) is 5.30. The maximum Gasteiger partial charge on any atom is 0.191 e. The number of rotatable bonds is 9. The first-order valence-corrected chi connectivity index (χ1v) is 9.76. The molecule has 0 aliphatic heterocycles. The van der Waals surface area contributed by atoms with Crippen LogP contribution in [0.15, 0.2) is 23.2 Å². The van der Waals surface area contributed by atoms with E-state index in [9.17, 15) is 0 Å². The van der Waals surface area contributed by atoms with Gasteiger partial charge in [-0.2, -0.15) is 0 Å². The summed E-state index contributed by atoms with van der Waals surface area (Å²) in [5, 5.41) is 7.63. The molecule has 0 bridgehead atoms. The molecule has 0 radical (unpaired) electrons. The summed E-state index contributed by atoms with van der Waals surface area (Å²) in [5.74, 6) is 1.63. The van der Waals surface area contributed by atoms with Crippen LogP contribution in [-0.2, 0) is 11.2 Å². The van der Waals surface area contributed by atoms with Crippen molar-refractivity contribution in [3.8, 4) is 5.75 Å². The fraction of sp³-hybridized carbons (Fsp3) is 0.650. The van der Waals surface area contributed by atoms with Gasteiger partial charge >= 0.3 is 0 Å². The van der Waals surface area contributed by atoms with Crippen molar-refractivity contribution in [3.05, 3.63) is 28.8 Å². The Kier molecular flexibility index (Phi) is 8.52. The molecule has 0 spiro atoms. The Labute approximate surface area is 162 Å². The van der Waals surface area contributed by atoms with Gasteiger partial charge in [-0.25, -0.2) is 0 Å². The van der Waals surface area contributed by atoms with E-state index in [1.165, 1.54) is 25.7 Å². The van der Waals surface area contributed by atoms with E-state index < -0.39 is 0 Å². The van der Waals surface area contributed by atoms with Gasteiger partial charge in [-0.15, -0.1) is 0 Å². The maximum absolute atomic E-state index is 6.31. The van der Waals surface area contributed by atoms with Gasteiger partial charge in [0.1, 0.15) is 5.75 Å². The van der Waals surface area contributed by atoms with E-state index in [-0.39, 0.29) is 0 Å². The molecule has 1 fully saturated rings. The first-order valence-electron chi connectivity index (χ1n) is 9.38. The molecule has 1 aliphatic rings. The molecule has 6 heteroatoms. The minimum absolute atomic E-state index is 0.340. The van der Waals surface area contributed by atoms with E-state index in [1.807, 2.05) is 25.2 Å². The fourth-order valence-electron chi connectivity index (χ4n) is 3.62. The zero-order valence-corrected chi connectivity index (χ0v) is 17.0. The van der Waals surface area contributed by atoms with E-state index in [1.54, 1.807) is 14.2 Å². The Morgan fingerprint density at radius 3 is 2.62 bits per heavy atom. The third kappa shape index (κ3) is 6.06. The minimum atomic E-state index is 0.340. The lowest BCUT2D eigenvalue weighted by molar-refractivity contribution is 0.138. The van der Waals surface area contributed by atoms with Crippen LogP contribution in [0.4, 0.5) is 0 Å². The monoisotopic (exact) mass is 381 g/mol. The summed E-state index contributed by atoms with van der Waals surface area (Å²) in [7, 11) is 5.24. The minimum Gasteiger partial charge on any atom is -0.497 e. The Bertz CT molecular complexity index is 586. The van der Waals surface area contributed by atoms with Crippen molar-refractivity contribution in [1.82, 2.24) is 10.6 Å². The van der Waals surface area contributed by atoms with Gasteiger partial charge in [0.2, 0.25) is 0 Å². The fourth-order valence-corrected chi connectivity index (χ4v) is 3.89. The van der Waals surface area contributed by atoms with Crippen LogP contribution < -0.4 is 15.4 Å². The third-order valence-corrected chi connectivity index (χ3v) is 5.65. The number of methoxy groups -OCH3 is 2. The maximum atomic E-state index is 6.31. The summed E-state index contributed by atoms with van der Waals surface area (Å²) in [6, 6.07) is 5.80. The summed E-state index contributed by atoms with van der Waals surface area (Å²) in [4.78, 5) is 4.35. The number of guanidine groups is 1. The second-order valence-corrected chi connectivity index (χ2v) is 7.42. The Balaban J connectivity index is 1.80. The molecule has 0 amide bonds. The molecule has 2 rings (SSSR count). The molecule has 0 atom stereocenters. The molecule has 0 heterocycles. The van der Waals surface area contributed by atoms with Gasteiger partial charge < -0.3 is 20.1 Å². The molecule has 146 valence electrons. The number of hydrogen-bond acceptors (Lipinski definition) is 3. The van der Waals surface area contributed by atoms with Crippen LogP contribution in [0.1, 0.15) is 37.7 Å². The second kappa shape index (κ2) is 10.6. The highest BCUT2D eigenvalue weighted by Gasteiger charge is 2.33. The van der Waals surface area contributed by atoms with E-state index >= 15 is 0 Å². The van der Waals surface area contributed by atoms with Crippen molar-refractivity contribution in [2.75, 3.05) is 41.0 Å². The number of halogens is 1. The molecule has 1 aliphatic carbocycles. The van der Waals surface area contributed by atoms with Crippen LogP contribution in [0.25, 0.3) is 0 Å². The van der Waals surface area contributed by atoms with Crippen LogP contribution in [-0.4, -0.2) is 46.9 Å². The highest BCUT2D eigenvalue weighted by molar-refractivity contribution is 6.31. The summed E-state index contributed by atoms with van der Waals surface area (Å²) < 4.78 is 10.5. The number of nitrogens with one attached hydrogen (secondary N) is 2. The largest absolute Gasteiger partial charge is 0.497 e. The number of benzene rings is 1. The molecule has 0 aromatic heterocycles. The average Bonchev–Trinajstić information content (AvgIpc) is 3.13. The van der Waals surface area contributed by atoms with Crippen LogP contribution >= 0.6 is 11.6 Å². The van der Waals surface area contributed by atoms with Gasteiger partial charge in [-0.1, -0.05) is 30.5 Å². The molecule has 0 saturated heterocycles. The number of nitrogens with zero attached hydrogens (tertiary/aromatic N) is 1. The van der Waals surface area contributed by atoms with E-state index in [0.717, 1.165) is 54.8 Å². The summed E-state index contributed by atoms with van der Waals surface area (Å²) in [6.07, 6.45) is 7.09. The SMILES string of the molecule is CN=C(NCCc1ccc(OC)cc1Cl)NCC1(CCOC)CCCC1. The molecular formula is C20H32ClN3O2. The van der Waals surface area contributed by atoms with Crippen molar-refractivity contribution in [3.63, 3.8) is 0 Å². The lowest BCUT2D eigenvalue weighted by Crippen LogP contribution is -2.43. The van der Waals surface area contributed by atoms with E-state index in [0.29, 0.717) is 5.41 Å². The van der Waals surface area contributed by atoms with E-state index in [2.05, 4.69) is 15.6 Å². The molecule has 1 aromatic carbocycles. The zero-order valence-electron chi connectivity index (χ0n) is 16.2. The molecule has 2 N–H and O–H groups in total. The standard InChI is InChI=1S/C20H32ClN3O2/c1-22-19(24-15-20(11-13-25-2)9-4-5-10-20)23-12-8-16-6-7-17(26-3)14-18(16)21/h6-7,14H,4-5,8-13,15H2,1-3H3,(H2,22,23,24). The first kappa shape index (κ1) is 20.8. The quantitative estimate of drug-likeness (QED) is 0.506. The van der Waals surface area contributed by atoms with Crippen LogP contribution in [0.5, 0.6) is 5.75 Å². The Morgan fingerprint density at radius 2 is 2.00 bits per heavy atom. The number of ether oxygens (including phenoxy) is 2. The number of hydrogen-bond donors (Lipinski definition) is 2. The summed E-state index contributed by atoms with van der Waals surface area (Å²) >= 11 is 6.31. The van der Waals surface area contributed by atoms with Crippen molar-refractivity contribution >= 4 is 17.6 Å². The van der Waals surface area contributed by atoms with Crippen LogP contribution in [0.2, 0.25) is 5.02 Å². The van der Waals surface area contributed by atoms with Gasteiger partial charge in [-0.3, -0.25) is 4.99 Å². The number of aliphatic imine (C=N–C) groups is 1. The van der Waals surface area contributed by atoms with E-state index in [4.69, 9.17) is 21.1 Å². The van der Waals surface area contributed by atoms with Gasteiger partial charge in [0.05, 0.1) is 7.11 Å². The second-order valence-electron chi connectivity index (χ2n) is 7.01. The lowest BCUT2D eigenvalue weighted by Gasteiger charge is -2.30. The molecule has 1 aromatic rings. The summed E-state index contributed by atoms with van der Waals surface area (Å²) in [6.45, 7) is 2.54. The van der Waals surface area contributed by atoms with Crippen molar-refractivity contribution in [2.24, 2.45) is 10.4 Å². The average molecular weight is 382 g/mol. The van der Waals surface area contributed by atoms with Gasteiger partial charge in [0.25, 0.3) is 0 Å². The highest BCUT2D eigenvalue weighted by atomic mass is 35.5. The van der Waals surface area contributed by atoms with Crippen molar-refractivity contribution in [1.29, 1.82) is 0 Å². The highest BCUT2D eigenvalue weighted by Crippen LogP contribution is 2.40. The zero-order chi connectivity index (χ0) is 18.8. The Morgan fingerprint density at radius 1 is 1.23 bits per heavy atom. The van der Waals surface area contributed by atoms with Crippen LogP contribution in [0.3, 0.4) is 0 Å². The smallest absolute Gasteiger partial charge is 0.191 e. The van der Waals surface area contributed by atoms with Gasteiger partial charge in [-0.05, 0) is 48.8 Å².